The van der Waals surface area contributed by atoms with E-state index in [1.807, 2.05) is 19.9 Å². The highest BCUT2D eigenvalue weighted by Gasteiger charge is 2.25. The topological polar surface area (TPSA) is 49.2 Å². The maximum atomic E-state index is 10.1. The van der Waals surface area contributed by atoms with Crippen molar-refractivity contribution in [3.05, 3.63) is 16.5 Å². The first kappa shape index (κ1) is 12.8. The Kier molecular flexibility index (Phi) is 3.68. The quantitative estimate of drug-likeness (QED) is 0.809. The van der Waals surface area contributed by atoms with Crippen LogP contribution >= 0.6 is 15.9 Å². The fraction of sp³-hybridized carbons (Fsp3) is 0.667. The Morgan fingerprint density at radius 3 is 2.82 bits per heavy atom. The molecule has 1 aromatic rings. The van der Waals surface area contributed by atoms with E-state index in [-0.39, 0.29) is 0 Å². The molecule has 0 aliphatic carbocycles. The van der Waals surface area contributed by atoms with E-state index >= 15 is 0 Å². The molecule has 0 radical (unpaired) electrons. The molecular formula is C12H18BrN3O. The number of rotatable bonds is 1. The molecule has 1 fully saturated rings. The van der Waals surface area contributed by atoms with Crippen molar-refractivity contribution in [3.8, 4) is 0 Å². The minimum atomic E-state index is -0.534. The highest BCUT2D eigenvalue weighted by molar-refractivity contribution is 9.10. The molecule has 5 heteroatoms. The van der Waals surface area contributed by atoms with Crippen molar-refractivity contribution in [2.24, 2.45) is 0 Å². The van der Waals surface area contributed by atoms with Gasteiger partial charge in [0.2, 0.25) is 0 Å². The van der Waals surface area contributed by atoms with Gasteiger partial charge in [-0.3, -0.25) is 0 Å². The molecule has 1 N–H and O–H groups in total. The smallest absolute Gasteiger partial charge is 0.133 e. The third kappa shape index (κ3) is 3.39. The SMILES string of the molecule is Cc1nc(Br)cc(N2CCCC(C)(O)CC2)n1. The van der Waals surface area contributed by atoms with Gasteiger partial charge in [0.15, 0.2) is 0 Å². The van der Waals surface area contributed by atoms with E-state index < -0.39 is 5.60 Å². The molecule has 2 rings (SSSR count). The van der Waals surface area contributed by atoms with Gasteiger partial charge >= 0.3 is 0 Å². The lowest BCUT2D eigenvalue weighted by molar-refractivity contribution is 0.0481. The lowest BCUT2D eigenvalue weighted by Gasteiger charge is -2.23. The molecular weight excluding hydrogens is 282 g/mol. The number of aromatic nitrogens is 2. The van der Waals surface area contributed by atoms with Gasteiger partial charge in [-0.1, -0.05) is 0 Å². The van der Waals surface area contributed by atoms with Crippen molar-refractivity contribution in [3.63, 3.8) is 0 Å². The summed E-state index contributed by atoms with van der Waals surface area (Å²) in [4.78, 5) is 10.9. The second-order valence-electron chi connectivity index (χ2n) is 4.93. The number of hydrogen-bond donors (Lipinski definition) is 1. The van der Waals surface area contributed by atoms with Crippen LogP contribution in [0.25, 0.3) is 0 Å². The Balaban J connectivity index is 2.17. The van der Waals surface area contributed by atoms with Gasteiger partial charge < -0.3 is 10.0 Å². The first-order valence-electron chi connectivity index (χ1n) is 5.95. The molecule has 0 amide bonds. The van der Waals surface area contributed by atoms with Gasteiger partial charge in [-0.05, 0) is 49.0 Å². The maximum absolute atomic E-state index is 10.1. The predicted molar refractivity (Wildman–Crippen MR) is 71.2 cm³/mol. The Bertz CT molecular complexity index is 388. The average molecular weight is 300 g/mol. The zero-order chi connectivity index (χ0) is 12.5. The Hall–Kier alpha value is -0.680. The molecule has 0 spiro atoms. The van der Waals surface area contributed by atoms with Gasteiger partial charge in [-0.15, -0.1) is 0 Å². The van der Waals surface area contributed by atoms with Crippen LogP contribution in [-0.4, -0.2) is 33.8 Å². The van der Waals surface area contributed by atoms with E-state index in [0.717, 1.165) is 48.6 Å². The standard InChI is InChI=1S/C12H18BrN3O/c1-9-14-10(13)8-11(15-9)16-6-3-4-12(2,17)5-7-16/h8,17H,3-7H2,1-2H3. The van der Waals surface area contributed by atoms with Gasteiger partial charge in [-0.25, -0.2) is 9.97 Å². The summed E-state index contributed by atoms with van der Waals surface area (Å²) in [6.45, 7) is 5.59. The minimum absolute atomic E-state index is 0.534. The number of aliphatic hydroxyl groups is 1. The molecule has 1 atom stereocenters. The van der Waals surface area contributed by atoms with Crippen molar-refractivity contribution < 1.29 is 5.11 Å². The Labute approximate surface area is 110 Å². The van der Waals surface area contributed by atoms with Crippen LogP contribution in [0.2, 0.25) is 0 Å². The van der Waals surface area contributed by atoms with E-state index in [9.17, 15) is 5.11 Å². The van der Waals surface area contributed by atoms with E-state index in [2.05, 4.69) is 30.8 Å². The summed E-state index contributed by atoms with van der Waals surface area (Å²) in [5, 5.41) is 10.1. The van der Waals surface area contributed by atoms with Crippen LogP contribution in [-0.2, 0) is 0 Å². The van der Waals surface area contributed by atoms with Crippen LogP contribution in [0.3, 0.4) is 0 Å². The zero-order valence-electron chi connectivity index (χ0n) is 10.3. The summed E-state index contributed by atoms with van der Waals surface area (Å²) >= 11 is 3.39. The maximum Gasteiger partial charge on any atom is 0.133 e. The summed E-state index contributed by atoms with van der Waals surface area (Å²) in [7, 11) is 0. The first-order valence-corrected chi connectivity index (χ1v) is 6.74. The number of hydrogen-bond acceptors (Lipinski definition) is 4. The molecule has 17 heavy (non-hydrogen) atoms. The highest BCUT2D eigenvalue weighted by atomic mass is 79.9. The highest BCUT2D eigenvalue weighted by Crippen LogP contribution is 2.25. The van der Waals surface area contributed by atoms with Crippen molar-refractivity contribution in [2.45, 2.75) is 38.7 Å². The van der Waals surface area contributed by atoms with E-state index in [1.165, 1.54) is 0 Å². The van der Waals surface area contributed by atoms with Gasteiger partial charge in [0, 0.05) is 19.2 Å². The van der Waals surface area contributed by atoms with Crippen LogP contribution < -0.4 is 4.90 Å². The van der Waals surface area contributed by atoms with Crippen LogP contribution in [0.1, 0.15) is 32.0 Å². The molecule has 4 nitrogen and oxygen atoms in total. The predicted octanol–water partition coefficient (Wildman–Crippen LogP) is 2.29. The first-order chi connectivity index (χ1) is 7.96. The van der Waals surface area contributed by atoms with Gasteiger partial charge in [0.05, 0.1) is 5.60 Å². The fourth-order valence-corrected chi connectivity index (χ4v) is 2.63. The normalized spacial score (nSPS) is 25.8. The summed E-state index contributed by atoms with van der Waals surface area (Å²) in [5.74, 6) is 1.72. The van der Waals surface area contributed by atoms with Gasteiger partial charge in [-0.2, -0.15) is 0 Å². The molecule has 0 saturated carbocycles. The molecule has 2 heterocycles. The van der Waals surface area contributed by atoms with Crippen molar-refractivity contribution >= 4 is 21.7 Å². The summed E-state index contributed by atoms with van der Waals surface area (Å²) in [6, 6.07) is 1.94. The average Bonchev–Trinajstić information content (AvgIpc) is 2.38. The van der Waals surface area contributed by atoms with Crippen molar-refractivity contribution in [2.75, 3.05) is 18.0 Å². The lowest BCUT2D eigenvalue weighted by atomic mass is 9.98. The van der Waals surface area contributed by atoms with E-state index in [1.54, 1.807) is 0 Å². The van der Waals surface area contributed by atoms with Crippen molar-refractivity contribution in [1.82, 2.24) is 9.97 Å². The molecule has 94 valence electrons. The molecule has 1 aliphatic rings. The van der Waals surface area contributed by atoms with Gasteiger partial charge in [0.25, 0.3) is 0 Å². The molecule has 1 aromatic heterocycles. The third-order valence-electron chi connectivity index (χ3n) is 3.18. The van der Waals surface area contributed by atoms with E-state index in [4.69, 9.17) is 0 Å². The van der Waals surface area contributed by atoms with Crippen LogP contribution in [0, 0.1) is 6.92 Å². The Morgan fingerprint density at radius 1 is 1.35 bits per heavy atom. The van der Waals surface area contributed by atoms with Crippen molar-refractivity contribution in [1.29, 1.82) is 0 Å². The molecule has 1 unspecified atom stereocenters. The zero-order valence-corrected chi connectivity index (χ0v) is 11.9. The number of halogens is 1. The largest absolute Gasteiger partial charge is 0.390 e. The Morgan fingerprint density at radius 2 is 2.12 bits per heavy atom. The second-order valence-corrected chi connectivity index (χ2v) is 5.75. The molecule has 1 aliphatic heterocycles. The summed E-state index contributed by atoms with van der Waals surface area (Å²) in [6.07, 6.45) is 2.63. The minimum Gasteiger partial charge on any atom is -0.390 e. The van der Waals surface area contributed by atoms with E-state index in [0.29, 0.717) is 0 Å². The van der Waals surface area contributed by atoms with Crippen LogP contribution in [0.15, 0.2) is 10.7 Å². The monoisotopic (exact) mass is 299 g/mol. The molecule has 1 saturated heterocycles. The van der Waals surface area contributed by atoms with Gasteiger partial charge in [0.1, 0.15) is 16.2 Å². The summed E-state index contributed by atoms with van der Waals surface area (Å²) < 4.78 is 0.816. The number of anilines is 1. The van der Waals surface area contributed by atoms with Crippen LogP contribution in [0.5, 0.6) is 0 Å². The fourth-order valence-electron chi connectivity index (χ4n) is 2.17. The molecule has 0 aromatic carbocycles. The number of aryl methyl sites for hydroxylation is 1. The van der Waals surface area contributed by atoms with Crippen LogP contribution in [0.4, 0.5) is 5.82 Å². The molecule has 0 bridgehead atoms. The second kappa shape index (κ2) is 4.90. The number of nitrogens with zero attached hydrogens (tertiary/aromatic N) is 3. The third-order valence-corrected chi connectivity index (χ3v) is 3.59. The summed E-state index contributed by atoms with van der Waals surface area (Å²) in [5.41, 5.74) is -0.534. The lowest BCUT2D eigenvalue weighted by Crippen LogP contribution is -2.29.